The molecule has 304 valence electrons. The van der Waals surface area contributed by atoms with Gasteiger partial charge in [0.15, 0.2) is 0 Å². The maximum atomic E-state index is 12.7. The average molecular weight is 748 g/mol. The van der Waals surface area contributed by atoms with E-state index in [-0.39, 0.29) is 44.6 Å². The molecule has 0 saturated carbocycles. The number of phosphoric acid groups is 1. The molecule has 2 atom stereocenters. The van der Waals surface area contributed by atoms with Crippen molar-refractivity contribution in [2.45, 2.75) is 206 Å². The van der Waals surface area contributed by atoms with Crippen LogP contribution in [-0.2, 0) is 32.7 Å². The Labute approximate surface area is 314 Å². The summed E-state index contributed by atoms with van der Waals surface area (Å²) in [5.74, 6) is -0.685. The lowest BCUT2D eigenvalue weighted by atomic mass is 10.0. The minimum absolute atomic E-state index is 0.0125. The topological polar surface area (TPSA) is 111 Å². The first-order valence-corrected chi connectivity index (χ1v) is 22.7. The van der Waals surface area contributed by atoms with Crippen molar-refractivity contribution in [3.8, 4) is 0 Å². The van der Waals surface area contributed by atoms with Crippen LogP contribution in [0.2, 0.25) is 0 Å². The van der Waals surface area contributed by atoms with Gasteiger partial charge in [-0.2, -0.15) is 0 Å². The molecule has 0 aromatic rings. The molecule has 0 aromatic heterocycles. The zero-order chi connectivity index (χ0) is 37.9. The second kappa shape index (κ2) is 34.8. The van der Waals surface area contributed by atoms with Crippen LogP contribution in [0.5, 0.6) is 0 Å². The summed E-state index contributed by atoms with van der Waals surface area (Å²) in [4.78, 5) is 37.3. The van der Waals surface area contributed by atoms with Gasteiger partial charge in [-0.1, -0.05) is 168 Å². The molecule has 9 nitrogen and oxygen atoms in total. The average Bonchev–Trinajstić information content (AvgIpc) is 3.07. The highest BCUT2D eigenvalue weighted by Crippen LogP contribution is 2.38. The highest BCUT2D eigenvalue weighted by Gasteiger charge is 2.20. The lowest BCUT2D eigenvalue weighted by molar-refractivity contribution is -0.870. The van der Waals surface area contributed by atoms with Crippen LogP contribution in [0.4, 0.5) is 0 Å². The van der Waals surface area contributed by atoms with Crippen LogP contribution >= 0.6 is 7.82 Å². The molecular formula is C41H82NO8P. The van der Waals surface area contributed by atoms with Crippen LogP contribution in [0.3, 0.4) is 0 Å². The molecule has 2 unspecified atom stereocenters. The number of carbonyl (C=O) groups is 2. The molecule has 0 aliphatic heterocycles. The third kappa shape index (κ3) is 38.5. The van der Waals surface area contributed by atoms with Crippen molar-refractivity contribution in [2.75, 3.05) is 47.5 Å². The first-order valence-electron chi connectivity index (χ1n) is 21.2. The molecule has 0 aliphatic rings. The van der Waals surface area contributed by atoms with Crippen LogP contribution in [0, 0.1) is 0 Å². The van der Waals surface area contributed by atoms with Gasteiger partial charge in [0.2, 0.25) is 0 Å². The van der Waals surface area contributed by atoms with Crippen molar-refractivity contribution < 1.29 is 42.1 Å². The van der Waals surface area contributed by atoms with Crippen molar-refractivity contribution in [3.05, 3.63) is 0 Å². The standard InChI is InChI=1S/C41H82NO8P/c1-6-8-10-12-14-16-18-20-22-24-26-28-30-32-40(43)47-38-39(34-36-48-51(45,46)49-37-35-42(3,4)5)50-41(44)33-31-29-27-25-23-21-19-17-15-13-11-9-7-2/h39H,6-38H2,1-5H3. The monoisotopic (exact) mass is 748 g/mol. The van der Waals surface area contributed by atoms with E-state index in [0.29, 0.717) is 17.4 Å². The van der Waals surface area contributed by atoms with E-state index in [4.69, 9.17) is 18.5 Å². The van der Waals surface area contributed by atoms with Gasteiger partial charge in [-0.3, -0.25) is 14.2 Å². The molecule has 0 aromatic carbocycles. The Balaban J connectivity index is 4.37. The molecule has 0 spiro atoms. The van der Waals surface area contributed by atoms with Crippen LogP contribution in [-0.4, -0.2) is 70.0 Å². The summed E-state index contributed by atoms with van der Waals surface area (Å²) < 4.78 is 33.9. The third-order valence-electron chi connectivity index (χ3n) is 9.40. The van der Waals surface area contributed by atoms with Gasteiger partial charge in [-0.05, 0) is 12.8 Å². The molecule has 0 bridgehead atoms. The molecule has 0 fully saturated rings. The van der Waals surface area contributed by atoms with Crippen LogP contribution in [0.1, 0.15) is 200 Å². The van der Waals surface area contributed by atoms with Crippen LogP contribution in [0.15, 0.2) is 0 Å². The summed E-state index contributed by atoms with van der Waals surface area (Å²) in [6, 6.07) is 0. The number of carbonyl (C=O) groups excluding carboxylic acids is 2. The van der Waals surface area contributed by atoms with Crippen molar-refractivity contribution >= 4 is 19.8 Å². The lowest BCUT2D eigenvalue weighted by Crippen LogP contribution is -2.37. The minimum atomic E-state index is -4.50. The summed E-state index contributed by atoms with van der Waals surface area (Å²) in [7, 11) is 1.33. The molecule has 0 heterocycles. The Kier molecular flexibility index (Phi) is 34.1. The number of esters is 2. The smallest absolute Gasteiger partial charge is 0.306 e. The highest BCUT2D eigenvalue weighted by atomic mass is 31.2. The molecule has 0 N–H and O–H groups in total. The van der Waals surface area contributed by atoms with Gasteiger partial charge in [-0.25, -0.2) is 0 Å². The normalized spacial score (nSPS) is 13.6. The zero-order valence-electron chi connectivity index (χ0n) is 34.1. The largest absolute Gasteiger partial charge is 0.756 e. The van der Waals surface area contributed by atoms with Crippen molar-refractivity contribution in [3.63, 3.8) is 0 Å². The quantitative estimate of drug-likeness (QED) is 0.0264. The van der Waals surface area contributed by atoms with E-state index >= 15 is 0 Å². The molecule has 51 heavy (non-hydrogen) atoms. The Hall–Kier alpha value is -0.990. The number of rotatable bonds is 39. The lowest BCUT2D eigenvalue weighted by Gasteiger charge is -2.27. The highest BCUT2D eigenvalue weighted by molar-refractivity contribution is 7.45. The Morgan fingerprint density at radius 2 is 0.902 bits per heavy atom. The number of hydrogen-bond donors (Lipinski definition) is 0. The summed E-state index contributed by atoms with van der Waals surface area (Å²) in [5.41, 5.74) is 0. The summed E-state index contributed by atoms with van der Waals surface area (Å²) in [5, 5.41) is 0. The molecule has 0 radical (unpaired) electrons. The second-order valence-electron chi connectivity index (χ2n) is 15.7. The summed E-state index contributed by atoms with van der Waals surface area (Å²) in [6.45, 7) is 4.68. The predicted octanol–water partition coefficient (Wildman–Crippen LogP) is 11.0. The SMILES string of the molecule is CCCCCCCCCCCCCCCC(=O)OCC(CCOP(=O)([O-])OCC[N+](C)(C)C)OC(=O)CCCCCCCCCCCCCCC. The molecular weight excluding hydrogens is 665 g/mol. The third-order valence-corrected chi connectivity index (χ3v) is 10.4. The maximum absolute atomic E-state index is 12.7. The van der Waals surface area contributed by atoms with Gasteiger partial charge >= 0.3 is 11.9 Å². The van der Waals surface area contributed by atoms with Gasteiger partial charge in [0.1, 0.15) is 25.9 Å². The van der Waals surface area contributed by atoms with Gasteiger partial charge in [0, 0.05) is 19.3 Å². The van der Waals surface area contributed by atoms with Gasteiger partial charge in [0.05, 0.1) is 27.7 Å². The van der Waals surface area contributed by atoms with Crippen molar-refractivity contribution in [1.82, 2.24) is 0 Å². The van der Waals surface area contributed by atoms with E-state index in [9.17, 15) is 19.0 Å². The number of phosphoric ester groups is 1. The number of nitrogens with zero attached hydrogens (tertiary/aromatic N) is 1. The maximum Gasteiger partial charge on any atom is 0.306 e. The molecule has 0 rings (SSSR count). The van der Waals surface area contributed by atoms with E-state index < -0.39 is 13.9 Å². The van der Waals surface area contributed by atoms with E-state index in [0.717, 1.165) is 38.5 Å². The Bertz CT molecular complexity index is 850. The van der Waals surface area contributed by atoms with E-state index in [2.05, 4.69) is 13.8 Å². The summed E-state index contributed by atoms with van der Waals surface area (Å²) in [6.07, 6.45) is 31.9. The van der Waals surface area contributed by atoms with Gasteiger partial charge in [-0.15, -0.1) is 0 Å². The zero-order valence-corrected chi connectivity index (χ0v) is 35.0. The predicted molar refractivity (Wildman–Crippen MR) is 208 cm³/mol. The fourth-order valence-corrected chi connectivity index (χ4v) is 6.72. The Morgan fingerprint density at radius 1 is 0.549 bits per heavy atom. The Morgan fingerprint density at radius 3 is 1.29 bits per heavy atom. The first kappa shape index (κ1) is 50.0. The minimum Gasteiger partial charge on any atom is -0.756 e. The number of likely N-dealkylation sites (N-methyl/N-ethyl adjacent to an activating group) is 1. The second-order valence-corrected chi connectivity index (χ2v) is 17.1. The molecule has 10 heteroatoms. The van der Waals surface area contributed by atoms with Crippen molar-refractivity contribution in [1.29, 1.82) is 0 Å². The van der Waals surface area contributed by atoms with Crippen LogP contribution in [0.25, 0.3) is 0 Å². The van der Waals surface area contributed by atoms with E-state index in [1.807, 2.05) is 21.1 Å². The first-order chi connectivity index (χ1) is 24.5. The number of quaternary nitrogens is 1. The fourth-order valence-electron chi connectivity index (χ4n) is 6.01. The van der Waals surface area contributed by atoms with Crippen molar-refractivity contribution in [2.24, 2.45) is 0 Å². The molecule has 0 saturated heterocycles. The van der Waals surface area contributed by atoms with E-state index in [1.165, 1.54) is 128 Å². The summed E-state index contributed by atoms with van der Waals surface area (Å²) >= 11 is 0. The number of ether oxygens (including phenoxy) is 2. The number of hydrogen-bond acceptors (Lipinski definition) is 8. The van der Waals surface area contributed by atoms with Gasteiger partial charge < -0.3 is 27.9 Å². The van der Waals surface area contributed by atoms with Gasteiger partial charge in [0.25, 0.3) is 7.82 Å². The van der Waals surface area contributed by atoms with E-state index in [1.54, 1.807) is 0 Å². The molecule has 0 aliphatic carbocycles. The fraction of sp³-hybridized carbons (Fsp3) is 0.951. The number of unbranched alkanes of at least 4 members (excludes halogenated alkanes) is 24. The van der Waals surface area contributed by atoms with Crippen LogP contribution < -0.4 is 4.89 Å². The molecule has 0 amide bonds.